The lowest BCUT2D eigenvalue weighted by Gasteiger charge is -2.12. The Balaban J connectivity index is 2.56. The van der Waals surface area contributed by atoms with Gasteiger partial charge >= 0.3 is 0 Å². The van der Waals surface area contributed by atoms with Crippen molar-refractivity contribution in [1.82, 2.24) is 0 Å². The molecule has 0 radical (unpaired) electrons. The van der Waals surface area contributed by atoms with Crippen LogP contribution in [0.15, 0.2) is 18.2 Å². The van der Waals surface area contributed by atoms with Crippen molar-refractivity contribution < 1.29 is 27.6 Å². The number of nitro groups is 1. The molecule has 0 saturated carbocycles. The largest absolute Gasteiger partial charge is 0.452 e. The second kappa shape index (κ2) is 6.66. The van der Waals surface area contributed by atoms with Gasteiger partial charge in [-0.2, -0.15) is 4.39 Å². The van der Waals surface area contributed by atoms with Crippen molar-refractivity contribution in [2.24, 2.45) is 0 Å². The molecule has 0 bridgehead atoms. The molecule has 10 heteroatoms. The third kappa shape index (κ3) is 3.15. The second-order valence-electron chi connectivity index (χ2n) is 4.52. The van der Waals surface area contributed by atoms with Crippen molar-refractivity contribution in [2.45, 2.75) is 6.92 Å². The van der Waals surface area contributed by atoms with E-state index in [1.165, 1.54) is 0 Å². The van der Waals surface area contributed by atoms with Gasteiger partial charge in [-0.1, -0.05) is 11.6 Å². The number of ether oxygens (including phenoxy) is 1. The normalized spacial score (nSPS) is 10.6. The van der Waals surface area contributed by atoms with Crippen molar-refractivity contribution in [1.29, 1.82) is 0 Å². The minimum atomic E-state index is -1.55. The van der Waals surface area contributed by atoms with Crippen molar-refractivity contribution in [3.63, 3.8) is 0 Å². The van der Waals surface area contributed by atoms with E-state index in [1.54, 1.807) is 0 Å². The van der Waals surface area contributed by atoms with E-state index in [4.69, 9.17) is 27.9 Å². The molecule has 0 atom stereocenters. The Morgan fingerprint density at radius 1 is 1.21 bits per heavy atom. The fourth-order valence-electron chi connectivity index (χ4n) is 1.82. The SMILES string of the molecule is Cc1c(F)c(F)c(Oc2ccc([N+](=O)[O-])c(C(=O)Cl)c2)c(Cl)c1F. The van der Waals surface area contributed by atoms with Crippen LogP contribution in [0.2, 0.25) is 5.02 Å². The Bertz CT molecular complexity index is 845. The zero-order valence-corrected chi connectivity index (χ0v) is 13.2. The molecule has 0 aliphatic carbocycles. The Hall–Kier alpha value is -2.32. The number of carbonyl (C=O) groups excluding carboxylic acids is 1. The van der Waals surface area contributed by atoms with Gasteiger partial charge in [-0.3, -0.25) is 14.9 Å². The fraction of sp³-hybridized carbons (Fsp3) is 0.0714. The van der Waals surface area contributed by atoms with Gasteiger partial charge in [0.25, 0.3) is 10.9 Å². The quantitative estimate of drug-likeness (QED) is 0.319. The van der Waals surface area contributed by atoms with Crippen LogP contribution in [0.25, 0.3) is 0 Å². The number of hydrogen-bond donors (Lipinski definition) is 0. The third-order valence-electron chi connectivity index (χ3n) is 3.04. The van der Waals surface area contributed by atoms with E-state index in [1.807, 2.05) is 0 Å². The van der Waals surface area contributed by atoms with Crippen LogP contribution in [0.5, 0.6) is 11.5 Å². The van der Waals surface area contributed by atoms with Gasteiger partial charge in [0.1, 0.15) is 16.3 Å². The van der Waals surface area contributed by atoms with Crippen LogP contribution in [0, 0.1) is 34.5 Å². The smallest absolute Gasteiger partial charge is 0.281 e. The van der Waals surface area contributed by atoms with Gasteiger partial charge in [0.15, 0.2) is 17.4 Å². The fourth-order valence-corrected chi connectivity index (χ4v) is 2.24. The molecule has 0 unspecified atom stereocenters. The Labute approximate surface area is 142 Å². The van der Waals surface area contributed by atoms with Crippen LogP contribution in [0.1, 0.15) is 15.9 Å². The molecule has 0 spiro atoms. The highest BCUT2D eigenvalue weighted by Crippen LogP contribution is 2.38. The Morgan fingerprint density at radius 3 is 2.38 bits per heavy atom. The molecule has 2 aromatic rings. The summed E-state index contributed by atoms with van der Waals surface area (Å²) in [6.07, 6.45) is 0. The first-order valence-electron chi connectivity index (χ1n) is 6.13. The highest BCUT2D eigenvalue weighted by Gasteiger charge is 2.25. The van der Waals surface area contributed by atoms with Crippen LogP contribution in [-0.2, 0) is 0 Å². The van der Waals surface area contributed by atoms with E-state index in [2.05, 4.69) is 0 Å². The van der Waals surface area contributed by atoms with Gasteiger partial charge < -0.3 is 4.74 Å². The van der Waals surface area contributed by atoms with Crippen molar-refractivity contribution in [2.75, 3.05) is 0 Å². The zero-order valence-electron chi connectivity index (χ0n) is 11.7. The van der Waals surface area contributed by atoms with E-state index < -0.39 is 55.2 Å². The van der Waals surface area contributed by atoms with Gasteiger partial charge in [-0.25, -0.2) is 8.78 Å². The first-order valence-corrected chi connectivity index (χ1v) is 6.89. The van der Waals surface area contributed by atoms with Gasteiger partial charge in [-0.15, -0.1) is 0 Å². The Morgan fingerprint density at radius 2 is 1.83 bits per heavy atom. The molecule has 0 aliphatic rings. The van der Waals surface area contributed by atoms with Gasteiger partial charge in [0.05, 0.1) is 4.92 Å². The van der Waals surface area contributed by atoms with Crippen LogP contribution >= 0.6 is 23.2 Å². The molecule has 5 nitrogen and oxygen atoms in total. The van der Waals surface area contributed by atoms with Crippen LogP contribution in [0.3, 0.4) is 0 Å². The second-order valence-corrected chi connectivity index (χ2v) is 5.24. The van der Waals surface area contributed by atoms with E-state index in [0.717, 1.165) is 25.1 Å². The Kier molecular flexibility index (Phi) is 5.00. The predicted molar refractivity (Wildman–Crippen MR) is 79.4 cm³/mol. The monoisotopic (exact) mass is 379 g/mol. The molecule has 126 valence electrons. The predicted octanol–water partition coefficient (Wildman–Crippen LogP) is 5.15. The number of nitrogens with zero attached hydrogens (tertiary/aromatic N) is 1. The first-order chi connectivity index (χ1) is 11.1. The molecule has 0 amide bonds. The molecule has 0 aromatic heterocycles. The summed E-state index contributed by atoms with van der Waals surface area (Å²) in [5, 5.41) is 8.82. The molecule has 0 fully saturated rings. The lowest BCUT2D eigenvalue weighted by atomic mass is 10.1. The van der Waals surface area contributed by atoms with E-state index >= 15 is 0 Å². The summed E-state index contributed by atoms with van der Waals surface area (Å²) in [5.41, 5.74) is -1.79. The van der Waals surface area contributed by atoms with E-state index in [0.29, 0.717) is 0 Å². The summed E-state index contributed by atoms with van der Waals surface area (Å²) < 4.78 is 46.2. The van der Waals surface area contributed by atoms with Gasteiger partial charge in [-0.05, 0) is 30.7 Å². The highest BCUT2D eigenvalue weighted by molar-refractivity contribution is 6.68. The molecule has 2 aromatic carbocycles. The van der Waals surface area contributed by atoms with E-state index in [-0.39, 0.29) is 5.75 Å². The maximum absolute atomic E-state index is 13.9. The van der Waals surface area contributed by atoms with Crippen LogP contribution in [0.4, 0.5) is 18.9 Å². The summed E-state index contributed by atoms with van der Waals surface area (Å²) in [4.78, 5) is 21.2. The molecule has 0 saturated heterocycles. The summed E-state index contributed by atoms with van der Waals surface area (Å²) in [7, 11) is 0. The number of rotatable bonds is 4. The molecular weight excluding hydrogens is 374 g/mol. The number of benzene rings is 2. The lowest BCUT2D eigenvalue weighted by molar-refractivity contribution is -0.385. The summed E-state index contributed by atoms with van der Waals surface area (Å²) in [6, 6.07) is 2.70. The van der Waals surface area contributed by atoms with Crippen LogP contribution in [-0.4, -0.2) is 10.2 Å². The molecular formula is C14H6Cl2F3NO4. The maximum atomic E-state index is 13.9. The number of halogens is 5. The molecule has 0 heterocycles. The minimum Gasteiger partial charge on any atom is -0.452 e. The molecule has 0 N–H and O–H groups in total. The third-order valence-corrected chi connectivity index (χ3v) is 3.58. The zero-order chi connectivity index (χ0) is 18.2. The average Bonchev–Trinajstić information content (AvgIpc) is 2.54. The molecule has 0 aliphatic heterocycles. The maximum Gasteiger partial charge on any atom is 0.281 e. The lowest BCUT2D eigenvalue weighted by Crippen LogP contribution is -2.02. The number of hydrogen-bond acceptors (Lipinski definition) is 4. The topological polar surface area (TPSA) is 69.4 Å². The minimum absolute atomic E-state index is 0.326. The van der Waals surface area contributed by atoms with Crippen molar-refractivity contribution in [3.8, 4) is 11.5 Å². The standard InChI is InChI=1S/C14H6Cl2F3NO4/c1-5-10(17)9(15)13(12(19)11(5)18)24-6-2-3-8(20(22)23)7(4-6)14(16)21/h2-4H,1H3. The summed E-state index contributed by atoms with van der Waals surface area (Å²) in [6.45, 7) is 0.986. The van der Waals surface area contributed by atoms with Gasteiger partial charge in [0.2, 0.25) is 5.82 Å². The number of nitro benzene ring substituents is 1. The summed E-state index contributed by atoms with van der Waals surface area (Å²) in [5.74, 6) is -5.55. The average molecular weight is 380 g/mol. The summed E-state index contributed by atoms with van der Waals surface area (Å²) >= 11 is 10.8. The molecule has 24 heavy (non-hydrogen) atoms. The number of carbonyl (C=O) groups is 1. The first kappa shape index (κ1) is 18.0. The van der Waals surface area contributed by atoms with Crippen LogP contribution < -0.4 is 4.74 Å². The molecule has 2 rings (SSSR count). The van der Waals surface area contributed by atoms with Gasteiger partial charge in [0, 0.05) is 11.6 Å². The van der Waals surface area contributed by atoms with Crippen molar-refractivity contribution in [3.05, 3.63) is 61.9 Å². The highest BCUT2D eigenvalue weighted by atomic mass is 35.5. The van der Waals surface area contributed by atoms with E-state index in [9.17, 15) is 28.1 Å². The van der Waals surface area contributed by atoms with Crippen molar-refractivity contribution >= 4 is 34.1 Å².